The second kappa shape index (κ2) is 10.4. The first-order chi connectivity index (χ1) is 7.25. The fourth-order valence-corrected chi connectivity index (χ4v) is 0.850. The highest BCUT2D eigenvalue weighted by Gasteiger charge is 1.82. The molecular weight excluding hydrogens is 268 g/mol. The summed E-state index contributed by atoms with van der Waals surface area (Å²) in [7, 11) is 0. The Balaban J connectivity index is 0. The van der Waals surface area contributed by atoms with E-state index < -0.39 is 10.3 Å². The summed E-state index contributed by atoms with van der Waals surface area (Å²) >= 11 is 13.4. The number of hydrogen-bond donors (Lipinski definition) is 4. The lowest BCUT2D eigenvalue weighted by molar-refractivity contribution is 0.559. The number of aliphatic hydroxyl groups excluding tert-OH is 2. The quantitative estimate of drug-likeness (QED) is 0.545. The molecule has 1 aromatic carbocycles. The first-order valence-electron chi connectivity index (χ1n) is 3.94. The smallest absolute Gasteiger partial charge is 0.251 e. The van der Waals surface area contributed by atoms with Crippen LogP contribution in [-0.4, -0.2) is 20.6 Å². The van der Waals surface area contributed by atoms with Gasteiger partial charge in [-0.3, -0.25) is 0 Å². The Morgan fingerprint density at radius 1 is 1.19 bits per heavy atom. The van der Waals surface area contributed by atoms with Crippen molar-refractivity contribution >= 4 is 46.4 Å². The van der Waals surface area contributed by atoms with E-state index in [0.717, 1.165) is 5.02 Å². The fraction of sp³-hybridized carbons (Fsp3) is 0.111. The van der Waals surface area contributed by atoms with Crippen molar-refractivity contribution in [1.29, 1.82) is 0 Å². The maximum atomic E-state index is 7.56. The van der Waals surface area contributed by atoms with Crippen molar-refractivity contribution in [2.24, 2.45) is 11.5 Å². The van der Waals surface area contributed by atoms with Crippen LogP contribution in [-0.2, 0) is 0 Å². The van der Waals surface area contributed by atoms with Crippen molar-refractivity contribution < 1.29 is 10.2 Å². The molecule has 0 bridgehead atoms. The van der Waals surface area contributed by atoms with Crippen LogP contribution in [0.3, 0.4) is 0 Å². The van der Waals surface area contributed by atoms with Crippen LogP contribution < -0.4 is 11.5 Å². The number of thiocarbonyl (C=S) groups is 2. The molecule has 0 amide bonds. The molecule has 0 spiro atoms. The van der Waals surface area contributed by atoms with Gasteiger partial charge in [-0.25, -0.2) is 0 Å². The SMILES string of the molecule is Cc1cccc(Cl)c1.NC(O)=S.NC(O)=S. The molecule has 16 heavy (non-hydrogen) atoms. The molecule has 0 aliphatic rings. The molecule has 0 fully saturated rings. The van der Waals surface area contributed by atoms with Gasteiger partial charge in [0.2, 0.25) is 0 Å². The second-order valence-electron chi connectivity index (χ2n) is 2.48. The molecule has 0 aliphatic carbocycles. The normalized spacial score (nSPS) is 7.62. The molecule has 0 saturated heterocycles. The summed E-state index contributed by atoms with van der Waals surface area (Å²) in [5, 5.41) is 14.9. The predicted molar refractivity (Wildman–Crippen MR) is 75.0 cm³/mol. The summed E-state index contributed by atoms with van der Waals surface area (Å²) in [4.78, 5) is 0. The van der Waals surface area contributed by atoms with Crippen LogP contribution in [0, 0.1) is 6.92 Å². The van der Waals surface area contributed by atoms with Crippen LogP contribution in [0.2, 0.25) is 5.02 Å². The summed E-state index contributed by atoms with van der Waals surface area (Å²) in [5.41, 5.74) is 10.0. The van der Waals surface area contributed by atoms with E-state index in [4.69, 9.17) is 21.8 Å². The molecule has 1 aromatic rings. The average molecular weight is 281 g/mol. The molecule has 0 heterocycles. The lowest BCUT2D eigenvalue weighted by atomic mass is 10.2. The van der Waals surface area contributed by atoms with E-state index in [1.165, 1.54) is 5.56 Å². The van der Waals surface area contributed by atoms with Crippen LogP contribution >= 0.6 is 36.0 Å². The van der Waals surface area contributed by atoms with Crippen molar-refractivity contribution in [3.8, 4) is 0 Å². The van der Waals surface area contributed by atoms with Crippen LogP contribution in [0.15, 0.2) is 24.3 Å². The van der Waals surface area contributed by atoms with Crippen LogP contribution in [0.4, 0.5) is 0 Å². The maximum absolute atomic E-state index is 7.56. The number of benzene rings is 1. The van der Waals surface area contributed by atoms with E-state index in [-0.39, 0.29) is 0 Å². The number of nitrogens with two attached hydrogens (primary N) is 2. The van der Waals surface area contributed by atoms with E-state index in [0.29, 0.717) is 0 Å². The molecule has 6 N–H and O–H groups in total. The Hall–Kier alpha value is -1.11. The maximum Gasteiger partial charge on any atom is 0.251 e. The summed E-state index contributed by atoms with van der Waals surface area (Å²) in [6.45, 7) is 2.02. The number of halogens is 1. The van der Waals surface area contributed by atoms with E-state index in [1.807, 2.05) is 31.2 Å². The first kappa shape index (κ1) is 17.3. The summed E-state index contributed by atoms with van der Waals surface area (Å²) in [6.07, 6.45) is 0. The molecule has 0 unspecified atom stereocenters. The van der Waals surface area contributed by atoms with Gasteiger partial charge in [0.15, 0.2) is 0 Å². The van der Waals surface area contributed by atoms with Crippen molar-refractivity contribution in [3.05, 3.63) is 34.9 Å². The topological polar surface area (TPSA) is 92.5 Å². The van der Waals surface area contributed by atoms with Gasteiger partial charge in [-0.1, -0.05) is 23.7 Å². The van der Waals surface area contributed by atoms with E-state index in [2.05, 4.69) is 35.9 Å². The number of hydrogen-bond acceptors (Lipinski definition) is 2. The number of aryl methyl sites for hydroxylation is 1. The molecular formula is C9H13ClN2O2S2. The highest BCUT2D eigenvalue weighted by atomic mass is 35.5. The standard InChI is InChI=1S/C7H7Cl.2CH3NOS/c1-6-3-2-4-7(8)5-6;2*2-1(3)4/h2-5H,1H3;2*(H3,2,3,4). The largest absolute Gasteiger partial charge is 0.487 e. The lowest BCUT2D eigenvalue weighted by Crippen LogP contribution is -2.03. The first-order valence-corrected chi connectivity index (χ1v) is 5.14. The van der Waals surface area contributed by atoms with Crippen molar-refractivity contribution in [2.75, 3.05) is 0 Å². The van der Waals surface area contributed by atoms with Gasteiger partial charge in [-0.05, 0) is 49.1 Å². The van der Waals surface area contributed by atoms with Gasteiger partial charge in [0.25, 0.3) is 10.3 Å². The molecule has 7 heteroatoms. The zero-order chi connectivity index (χ0) is 13.1. The summed E-state index contributed by atoms with van der Waals surface area (Å²) in [6, 6.07) is 7.76. The predicted octanol–water partition coefficient (Wildman–Crippen LogP) is 2.22. The molecule has 90 valence electrons. The lowest BCUT2D eigenvalue weighted by Gasteiger charge is -1.88. The zero-order valence-corrected chi connectivity index (χ0v) is 10.9. The molecule has 0 saturated carbocycles. The summed E-state index contributed by atoms with van der Waals surface area (Å²) in [5.74, 6) is 0. The monoisotopic (exact) mass is 280 g/mol. The minimum Gasteiger partial charge on any atom is -0.487 e. The van der Waals surface area contributed by atoms with Crippen molar-refractivity contribution in [3.63, 3.8) is 0 Å². The number of aliphatic hydroxyl groups is 2. The van der Waals surface area contributed by atoms with Gasteiger partial charge in [-0.15, -0.1) is 0 Å². The third-order valence-electron chi connectivity index (χ3n) is 0.980. The Bertz CT molecular complexity index is 311. The number of rotatable bonds is 0. The van der Waals surface area contributed by atoms with Gasteiger partial charge in [-0.2, -0.15) is 0 Å². The van der Waals surface area contributed by atoms with Crippen LogP contribution in [0.1, 0.15) is 5.56 Å². The van der Waals surface area contributed by atoms with Crippen LogP contribution in [0.5, 0.6) is 0 Å². The fourth-order valence-electron chi connectivity index (χ4n) is 0.606. The van der Waals surface area contributed by atoms with Crippen molar-refractivity contribution in [1.82, 2.24) is 0 Å². The van der Waals surface area contributed by atoms with Gasteiger partial charge in [0.1, 0.15) is 0 Å². The van der Waals surface area contributed by atoms with Gasteiger partial charge < -0.3 is 21.7 Å². The zero-order valence-electron chi connectivity index (χ0n) is 8.55. The molecule has 0 atom stereocenters. The van der Waals surface area contributed by atoms with Crippen molar-refractivity contribution in [2.45, 2.75) is 6.92 Å². The average Bonchev–Trinajstić information content (AvgIpc) is 2.00. The van der Waals surface area contributed by atoms with E-state index in [9.17, 15) is 0 Å². The van der Waals surface area contributed by atoms with Gasteiger partial charge in [0, 0.05) is 5.02 Å². The highest BCUT2D eigenvalue weighted by molar-refractivity contribution is 7.80. The third kappa shape index (κ3) is 23.1. The second-order valence-corrected chi connectivity index (χ2v) is 3.75. The minimum absolute atomic E-state index is 0.500. The van der Waals surface area contributed by atoms with Gasteiger partial charge in [0.05, 0.1) is 0 Å². The van der Waals surface area contributed by atoms with Gasteiger partial charge >= 0.3 is 0 Å². The molecule has 0 aromatic heterocycles. The molecule has 1 rings (SSSR count). The Labute approximate surface area is 110 Å². The Morgan fingerprint density at radius 2 is 1.56 bits per heavy atom. The van der Waals surface area contributed by atoms with E-state index >= 15 is 0 Å². The molecule has 0 radical (unpaired) electrons. The molecule has 0 aliphatic heterocycles. The van der Waals surface area contributed by atoms with E-state index in [1.54, 1.807) is 0 Å². The molecule has 4 nitrogen and oxygen atoms in total. The Kier molecular flexibility index (Phi) is 11.2. The third-order valence-corrected chi connectivity index (χ3v) is 1.22. The highest BCUT2D eigenvalue weighted by Crippen LogP contribution is 2.08. The van der Waals surface area contributed by atoms with Crippen LogP contribution in [0.25, 0.3) is 0 Å². The minimum atomic E-state index is -0.500. The Morgan fingerprint density at radius 3 is 1.75 bits per heavy atom. The summed E-state index contributed by atoms with van der Waals surface area (Å²) < 4.78 is 0.